The van der Waals surface area contributed by atoms with E-state index in [4.69, 9.17) is 14.7 Å². The molecule has 3 aromatic rings. The monoisotopic (exact) mass is 446 g/mol. The van der Waals surface area contributed by atoms with Crippen molar-refractivity contribution >= 4 is 11.9 Å². The number of carbonyl (C=O) groups excluding carboxylic acids is 1. The van der Waals surface area contributed by atoms with Crippen LogP contribution in [0.2, 0.25) is 0 Å². The van der Waals surface area contributed by atoms with Crippen molar-refractivity contribution < 1.29 is 9.53 Å². The number of carbonyl (C=O) groups is 1. The number of benzene rings is 1. The Kier molecular flexibility index (Phi) is 6.82. The lowest BCUT2D eigenvalue weighted by Gasteiger charge is -2.41. The molecule has 33 heavy (non-hydrogen) atoms. The van der Waals surface area contributed by atoms with Crippen molar-refractivity contribution in [1.82, 2.24) is 24.8 Å². The second kappa shape index (κ2) is 9.94. The van der Waals surface area contributed by atoms with Crippen LogP contribution in [0.4, 0.5) is 5.95 Å². The summed E-state index contributed by atoms with van der Waals surface area (Å²) in [6.45, 7) is 6.79. The second-order valence-electron chi connectivity index (χ2n) is 8.12. The van der Waals surface area contributed by atoms with Crippen LogP contribution in [0.25, 0.3) is 0 Å². The molecule has 0 bridgehead atoms. The molecule has 3 heterocycles. The number of rotatable bonds is 7. The molecule has 1 aliphatic heterocycles. The Labute approximate surface area is 194 Å². The molecule has 1 fully saturated rings. The Morgan fingerprint density at radius 1 is 1.03 bits per heavy atom. The van der Waals surface area contributed by atoms with Crippen LogP contribution >= 0.6 is 0 Å². The van der Waals surface area contributed by atoms with Gasteiger partial charge in [-0.2, -0.15) is 0 Å². The number of amides is 1. The van der Waals surface area contributed by atoms with E-state index < -0.39 is 5.41 Å². The molecule has 4 rings (SSSR count). The molecule has 1 saturated heterocycles. The Morgan fingerprint density at radius 2 is 1.70 bits per heavy atom. The van der Waals surface area contributed by atoms with E-state index in [0.717, 1.165) is 49.0 Å². The van der Waals surface area contributed by atoms with E-state index in [1.54, 1.807) is 36.8 Å². The fourth-order valence-electron chi connectivity index (χ4n) is 4.48. The lowest BCUT2D eigenvalue weighted by atomic mass is 9.72. The quantitative estimate of drug-likeness (QED) is 0.550. The molecule has 8 nitrogen and oxygen atoms in total. The molecule has 0 N–H and O–H groups in total. The van der Waals surface area contributed by atoms with E-state index in [0.29, 0.717) is 18.7 Å². The van der Waals surface area contributed by atoms with Crippen LogP contribution in [0, 0.1) is 0 Å². The number of hydrogen-bond acceptors (Lipinski definition) is 7. The van der Waals surface area contributed by atoms with E-state index in [-0.39, 0.29) is 5.91 Å². The third-order valence-corrected chi connectivity index (χ3v) is 6.45. The lowest BCUT2D eigenvalue weighted by molar-refractivity contribution is 0.0772. The molecule has 8 heteroatoms. The van der Waals surface area contributed by atoms with Gasteiger partial charge in [-0.25, -0.2) is 19.9 Å². The lowest BCUT2D eigenvalue weighted by Crippen LogP contribution is -2.45. The minimum absolute atomic E-state index is 0.0435. The van der Waals surface area contributed by atoms with E-state index >= 15 is 0 Å². The van der Waals surface area contributed by atoms with E-state index in [1.807, 2.05) is 32.0 Å². The Hall–Kier alpha value is -3.55. The van der Waals surface area contributed by atoms with Gasteiger partial charge in [-0.1, -0.05) is 12.1 Å². The third kappa shape index (κ3) is 4.51. The van der Waals surface area contributed by atoms with Crippen LogP contribution in [0.15, 0.2) is 55.1 Å². The first-order valence-corrected chi connectivity index (χ1v) is 11.4. The SMILES string of the molecule is CCN(CC)C(=O)c1cnc(C2(c3cccc(OC)c3)CCN(c3ncccn3)CC2)nc1. The third-order valence-electron chi connectivity index (χ3n) is 6.45. The van der Waals surface area contributed by atoms with Gasteiger partial charge in [0.1, 0.15) is 11.6 Å². The zero-order valence-corrected chi connectivity index (χ0v) is 19.4. The summed E-state index contributed by atoms with van der Waals surface area (Å²) in [5, 5.41) is 0. The summed E-state index contributed by atoms with van der Waals surface area (Å²) < 4.78 is 5.50. The van der Waals surface area contributed by atoms with Gasteiger partial charge in [0, 0.05) is 51.0 Å². The van der Waals surface area contributed by atoms with Crippen LogP contribution in [-0.2, 0) is 5.41 Å². The predicted molar refractivity (Wildman–Crippen MR) is 127 cm³/mol. The van der Waals surface area contributed by atoms with Gasteiger partial charge in [-0.3, -0.25) is 4.79 Å². The second-order valence-corrected chi connectivity index (χ2v) is 8.12. The van der Waals surface area contributed by atoms with Crippen LogP contribution in [-0.4, -0.2) is 64.0 Å². The normalized spacial score (nSPS) is 15.2. The molecule has 1 amide bonds. The fourth-order valence-corrected chi connectivity index (χ4v) is 4.48. The van der Waals surface area contributed by atoms with Crippen molar-refractivity contribution in [1.29, 1.82) is 0 Å². The van der Waals surface area contributed by atoms with Crippen molar-refractivity contribution in [3.63, 3.8) is 0 Å². The van der Waals surface area contributed by atoms with Crippen LogP contribution in [0.5, 0.6) is 5.75 Å². The summed E-state index contributed by atoms with van der Waals surface area (Å²) in [4.78, 5) is 35.0. The highest BCUT2D eigenvalue weighted by molar-refractivity contribution is 5.93. The molecule has 2 aromatic heterocycles. The highest BCUT2D eigenvalue weighted by atomic mass is 16.5. The summed E-state index contributed by atoms with van der Waals surface area (Å²) in [6, 6.07) is 9.93. The van der Waals surface area contributed by atoms with Crippen molar-refractivity contribution in [2.24, 2.45) is 0 Å². The average Bonchev–Trinajstić information content (AvgIpc) is 2.90. The van der Waals surface area contributed by atoms with Gasteiger partial charge in [-0.15, -0.1) is 0 Å². The predicted octanol–water partition coefficient (Wildman–Crippen LogP) is 3.34. The number of aromatic nitrogens is 4. The molecule has 0 unspecified atom stereocenters. The van der Waals surface area contributed by atoms with Gasteiger partial charge in [-0.05, 0) is 50.5 Å². The molecule has 0 spiro atoms. The maximum Gasteiger partial charge on any atom is 0.256 e. The van der Waals surface area contributed by atoms with Gasteiger partial charge in [0.2, 0.25) is 5.95 Å². The highest BCUT2D eigenvalue weighted by Crippen LogP contribution is 2.41. The van der Waals surface area contributed by atoms with Crippen LogP contribution < -0.4 is 9.64 Å². The average molecular weight is 447 g/mol. The summed E-state index contributed by atoms with van der Waals surface area (Å²) >= 11 is 0. The van der Waals surface area contributed by atoms with E-state index in [2.05, 4.69) is 27.0 Å². The molecule has 0 saturated carbocycles. The minimum atomic E-state index is -0.392. The largest absolute Gasteiger partial charge is 0.497 e. The molecule has 0 atom stereocenters. The van der Waals surface area contributed by atoms with E-state index in [1.165, 1.54) is 0 Å². The number of methoxy groups -OCH3 is 1. The Bertz CT molecular complexity index is 1060. The molecular weight excluding hydrogens is 416 g/mol. The Balaban J connectivity index is 1.68. The van der Waals surface area contributed by atoms with Gasteiger partial charge in [0.15, 0.2) is 0 Å². The maximum absolute atomic E-state index is 12.7. The Morgan fingerprint density at radius 3 is 2.30 bits per heavy atom. The molecule has 0 aliphatic carbocycles. The van der Waals surface area contributed by atoms with E-state index in [9.17, 15) is 4.79 Å². The zero-order chi connectivity index (χ0) is 23.3. The van der Waals surface area contributed by atoms with Crippen LogP contribution in [0.1, 0.15) is 48.4 Å². The number of ether oxygens (including phenoxy) is 1. The summed E-state index contributed by atoms with van der Waals surface area (Å²) in [6.07, 6.45) is 8.45. The molecule has 0 radical (unpaired) electrons. The smallest absolute Gasteiger partial charge is 0.256 e. The van der Waals surface area contributed by atoms with Crippen molar-refractivity contribution in [3.05, 3.63) is 72.1 Å². The van der Waals surface area contributed by atoms with Gasteiger partial charge >= 0.3 is 0 Å². The molecular formula is C25H30N6O2. The number of piperidine rings is 1. The molecule has 1 aliphatic rings. The van der Waals surface area contributed by atoms with Crippen LogP contribution in [0.3, 0.4) is 0 Å². The molecule has 1 aromatic carbocycles. The van der Waals surface area contributed by atoms with Crippen molar-refractivity contribution in [2.45, 2.75) is 32.1 Å². The number of anilines is 1. The van der Waals surface area contributed by atoms with Gasteiger partial charge in [0.25, 0.3) is 5.91 Å². The van der Waals surface area contributed by atoms with Crippen molar-refractivity contribution in [2.75, 3.05) is 38.2 Å². The summed E-state index contributed by atoms with van der Waals surface area (Å²) in [7, 11) is 1.67. The topological polar surface area (TPSA) is 84.3 Å². The van der Waals surface area contributed by atoms with Crippen molar-refractivity contribution in [3.8, 4) is 5.75 Å². The fraction of sp³-hybridized carbons (Fsp3) is 0.400. The zero-order valence-electron chi connectivity index (χ0n) is 19.4. The minimum Gasteiger partial charge on any atom is -0.497 e. The number of hydrogen-bond donors (Lipinski definition) is 0. The van der Waals surface area contributed by atoms with Gasteiger partial charge < -0.3 is 14.5 Å². The standard InChI is InChI=1S/C25H30N6O2/c1-4-30(5-2)22(32)19-17-28-23(29-18-19)25(20-8-6-9-21(16-20)33-3)10-14-31(15-11-25)24-26-12-7-13-27-24/h6-9,12-13,16-18H,4-5,10-11,14-15H2,1-3H3. The summed E-state index contributed by atoms with van der Waals surface area (Å²) in [5.74, 6) is 2.21. The molecule has 172 valence electrons. The first kappa shape index (κ1) is 22.6. The maximum atomic E-state index is 12.7. The first-order chi connectivity index (χ1) is 16.1. The summed E-state index contributed by atoms with van der Waals surface area (Å²) in [5.41, 5.74) is 1.23. The number of nitrogens with zero attached hydrogens (tertiary/aromatic N) is 6. The highest BCUT2D eigenvalue weighted by Gasteiger charge is 2.41. The van der Waals surface area contributed by atoms with Gasteiger partial charge in [0.05, 0.1) is 18.1 Å². The first-order valence-electron chi connectivity index (χ1n) is 11.4.